The molecule has 4 aromatic rings. The van der Waals surface area contributed by atoms with E-state index >= 15 is 0 Å². The fourth-order valence-corrected chi connectivity index (χ4v) is 3.97. The van der Waals surface area contributed by atoms with Crippen molar-refractivity contribution >= 4 is 22.5 Å². The van der Waals surface area contributed by atoms with Crippen molar-refractivity contribution in [3.63, 3.8) is 0 Å². The molecule has 3 aromatic carbocycles. The summed E-state index contributed by atoms with van der Waals surface area (Å²) in [4.78, 5) is 31.5. The van der Waals surface area contributed by atoms with Gasteiger partial charge in [-0.2, -0.15) is 0 Å². The first kappa shape index (κ1) is 20.5. The van der Waals surface area contributed by atoms with Gasteiger partial charge in [-0.05, 0) is 23.9 Å². The van der Waals surface area contributed by atoms with Gasteiger partial charge >= 0.3 is 5.97 Å². The summed E-state index contributed by atoms with van der Waals surface area (Å²) in [5, 5.41) is 1.91. The van der Waals surface area contributed by atoms with Crippen LogP contribution in [0, 0.1) is 5.92 Å². The van der Waals surface area contributed by atoms with Crippen molar-refractivity contribution in [3.8, 4) is 0 Å². The molecule has 0 fully saturated rings. The number of ether oxygens (including phenoxy) is 1. The van der Waals surface area contributed by atoms with Crippen LogP contribution in [-0.4, -0.2) is 23.3 Å². The fourth-order valence-electron chi connectivity index (χ4n) is 3.97. The Hall–Kier alpha value is -3.79. The van der Waals surface area contributed by atoms with E-state index in [9.17, 15) is 9.59 Å². The van der Waals surface area contributed by atoms with Gasteiger partial charge < -0.3 is 4.74 Å². The van der Waals surface area contributed by atoms with E-state index in [2.05, 4.69) is 4.98 Å². The van der Waals surface area contributed by atoms with E-state index in [1.165, 1.54) is 0 Å². The summed E-state index contributed by atoms with van der Waals surface area (Å²) in [5.41, 5.74) is 2.00. The van der Waals surface area contributed by atoms with Gasteiger partial charge in [-0.25, -0.2) is 0 Å². The van der Waals surface area contributed by atoms with Gasteiger partial charge in [0.1, 0.15) is 5.92 Å². The highest BCUT2D eigenvalue weighted by Crippen LogP contribution is 2.37. The average Bonchev–Trinajstić information content (AvgIpc) is 2.83. The van der Waals surface area contributed by atoms with Gasteiger partial charge in [0.2, 0.25) is 0 Å². The molecule has 0 aliphatic rings. The van der Waals surface area contributed by atoms with E-state index < -0.39 is 17.8 Å². The Morgan fingerprint density at radius 1 is 0.839 bits per heavy atom. The zero-order chi connectivity index (χ0) is 21.6. The maximum Gasteiger partial charge on any atom is 0.317 e. The molecule has 0 spiro atoms. The largest absolute Gasteiger partial charge is 0.465 e. The number of hydrogen-bond acceptors (Lipinski definition) is 4. The van der Waals surface area contributed by atoms with Crippen LogP contribution in [0.2, 0.25) is 0 Å². The maximum atomic E-state index is 13.7. The van der Waals surface area contributed by atoms with Crippen molar-refractivity contribution in [2.24, 2.45) is 5.92 Å². The van der Waals surface area contributed by atoms with Crippen LogP contribution in [0.4, 0.5) is 0 Å². The summed E-state index contributed by atoms with van der Waals surface area (Å²) >= 11 is 0. The summed E-state index contributed by atoms with van der Waals surface area (Å²) < 4.78 is 5.40. The van der Waals surface area contributed by atoms with Gasteiger partial charge in [0.15, 0.2) is 5.78 Å². The first-order chi connectivity index (χ1) is 15.2. The van der Waals surface area contributed by atoms with Crippen molar-refractivity contribution in [2.75, 3.05) is 6.61 Å². The minimum absolute atomic E-state index is 0.196. The van der Waals surface area contributed by atoms with Gasteiger partial charge in [-0.3, -0.25) is 14.6 Å². The molecule has 0 amide bonds. The Labute approximate surface area is 181 Å². The van der Waals surface area contributed by atoms with Crippen LogP contribution in [0.15, 0.2) is 97.2 Å². The molecular formula is C27H23NO3. The highest BCUT2D eigenvalue weighted by Gasteiger charge is 2.40. The van der Waals surface area contributed by atoms with Crippen LogP contribution >= 0.6 is 0 Å². The molecule has 0 radical (unpaired) electrons. The number of ketones is 1. The lowest BCUT2D eigenvalue weighted by Gasteiger charge is -2.26. The molecule has 0 aliphatic carbocycles. The van der Waals surface area contributed by atoms with Crippen molar-refractivity contribution in [2.45, 2.75) is 12.8 Å². The zero-order valence-electron chi connectivity index (χ0n) is 17.3. The van der Waals surface area contributed by atoms with E-state index in [1.807, 2.05) is 66.7 Å². The number of nitrogens with zero attached hydrogens (tertiary/aromatic N) is 1. The van der Waals surface area contributed by atoms with Gasteiger partial charge in [-0.15, -0.1) is 0 Å². The minimum Gasteiger partial charge on any atom is -0.465 e. The molecule has 4 rings (SSSR count). The van der Waals surface area contributed by atoms with Crippen LogP contribution in [0.3, 0.4) is 0 Å². The Balaban J connectivity index is 1.95. The van der Waals surface area contributed by atoms with Crippen LogP contribution < -0.4 is 0 Å². The molecular weight excluding hydrogens is 386 g/mol. The second kappa shape index (κ2) is 9.35. The molecule has 0 saturated heterocycles. The predicted molar refractivity (Wildman–Crippen MR) is 121 cm³/mol. The quantitative estimate of drug-likeness (QED) is 0.232. The molecule has 154 valence electrons. The molecule has 4 nitrogen and oxygen atoms in total. The number of benzene rings is 3. The Kier molecular flexibility index (Phi) is 6.18. The fraction of sp³-hybridized carbons (Fsp3) is 0.148. The Bertz CT molecular complexity index is 1180. The monoisotopic (exact) mass is 409 g/mol. The molecule has 0 saturated carbocycles. The van der Waals surface area contributed by atoms with Gasteiger partial charge in [0.25, 0.3) is 0 Å². The first-order valence-electron chi connectivity index (χ1n) is 10.3. The van der Waals surface area contributed by atoms with Crippen LogP contribution in [0.1, 0.15) is 34.5 Å². The summed E-state index contributed by atoms with van der Waals surface area (Å²) in [6.07, 6.45) is 1.73. The lowest BCUT2D eigenvalue weighted by molar-refractivity contribution is -0.146. The number of rotatable bonds is 7. The minimum atomic E-state index is -1.05. The highest BCUT2D eigenvalue weighted by molar-refractivity contribution is 6.10. The standard InChI is InChI=1S/C27H23NO3/c1-2-31-27(30)24(26(29)21-14-7-4-8-15-21)23(20-12-5-3-6-13-20)25-22-16-10-9-11-19(22)17-18-28-25/h3-18,23-24H,2H2,1H3/t23-,24+/m0/s1. The molecule has 0 bridgehead atoms. The van der Waals surface area contributed by atoms with Crippen LogP contribution in [-0.2, 0) is 9.53 Å². The van der Waals surface area contributed by atoms with Crippen molar-refractivity contribution in [1.82, 2.24) is 4.98 Å². The molecule has 0 unspecified atom stereocenters. The molecule has 1 heterocycles. The average molecular weight is 409 g/mol. The van der Waals surface area contributed by atoms with Crippen LogP contribution in [0.25, 0.3) is 10.8 Å². The van der Waals surface area contributed by atoms with E-state index in [-0.39, 0.29) is 12.4 Å². The first-order valence-corrected chi connectivity index (χ1v) is 10.3. The lowest BCUT2D eigenvalue weighted by Crippen LogP contribution is -2.33. The second-order valence-corrected chi connectivity index (χ2v) is 7.27. The highest BCUT2D eigenvalue weighted by atomic mass is 16.5. The molecule has 31 heavy (non-hydrogen) atoms. The normalized spacial score (nSPS) is 12.8. The lowest BCUT2D eigenvalue weighted by atomic mass is 9.78. The van der Waals surface area contributed by atoms with E-state index in [4.69, 9.17) is 4.74 Å². The van der Waals surface area contributed by atoms with Crippen molar-refractivity contribution < 1.29 is 14.3 Å². The number of carbonyl (C=O) groups excluding carboxylic acids is 2. The summed E-state index contributed by atoms with van der Waals surface area (Å²) in [5.74, 6) is -2.45. The number of carbonyl (C=O) groups is 2. The van der Waals surface area contributed by atoms with Gasteiger partial charge in [-0.1, -0.05) is 84.9 Å². The number of pyridine rings is 1. The Morgan fingerprint density at radius 2 is 1.48 bits per heavy atom. The molecule has 2 atom stereocenters. The summed E-state index contributed by atoms with van der Waals surface area (Å²) in [6.45, 7) is 1.94. The SMILES string of the molecule is CCOC(=O)[C@@H](C(=O)c1ccccc1)[C@H](c1ccccc1)c1nccc2ccccc12. The zero-order valence-corrected chi connectivity index (χ0v) is 17.3. The molecule has 0 aliphatic heterocycles. The number of esters is 1. The molecule has 1 aromatic heterocycles. The topological polar surface area (TPSA) is 56.3 Å². The maximum absolute atomic E-state index is 13.7. The van der Waals surface area contributed by atoms with Gasteiger partial charge in [0, 0.05) is 23.1 Å². The van der Waals surface area contributed by atoms with E-state index in [0.717, 1.165) is 16.3 Å². The number of Topliss-reactive ketones (excluding diaryl/α,β-unsaturated/α-hetero) is 1. The predicted octanol–water partition coefficient (Wildman–Crippen LogP) is 5.43. The number of aromatic nitrogens is 1. The van der Waals surface area contributed by atoms with Crippen molar-refractivity contribution in [3.05, 3.63) is 114 Å². The van der Waals surface area contributed by atoms with E-state index in [1.54, 1.807) is 37.4 Å². The second-order valence-electron chi connectivity index (χ2n) is 7.27. The van der Waals surface area contributed by atoms with E-state index in [0.29, 0.717) is 11.3 Å². The summed E-state index contributed by atoms with van der Waals surface area (Å²) in [7, 11) is 0. The third kappa shape index (κ3) is 4.24. The smallest absolute Gasteiger partial charge is 0.317 e. The van der Waals surface area contributed by atoms with Gasteiger partial charge in [0.05, 0.1) is 12.3 Å². The molecule has 0 N–H and O–H groups in total. The van der Waals surface area contributed by atoms with Crippen molar-refractivity contribution in [1.29, 1.82) is 0 Å². The Morgan fingerprint density at radius 3 is 2.19 bits per heavy atom. The van der Waals surface area contributed by atoms with Crippen LogP contribution in [0.5, 0.6) is 0 Å². The number of fused-ring (bicyclic) bond motifs is 1. The number of hydrogen-bond donors (Lipinski definition) is 0. The molecule has 4 heteroatoms. The summed E-state index contributed by atoms with van der Waals surface area (Å²) in [6, 6.07) is 28.3. The third-order valence-corrected chi connectivity index (χ3v) is 5.37. The third-order valence-electron chi connectivity index (χ3n) is 5.37.